The molecule has 0 saturated carbocycles. The summed E-state index contributed by atoms with van der Waals surface area (Å²) >= 11 is 3.54. The molecule has 3 heteroatoms. The summed E-state index contributed by atoms with van der Waals surface area (Å²) in [6.07, 6.45) is 1.84. The molecule has 0 N–H and O–H groups in total. The van der Waals surface area contributed by atoms with Crippen molar-refractivity contribution in [3.63, 3.8) is 0 Å². The Bertz CT molecular complexity index is 537. The molecule has 0 spiro atoms. The van der Waals surface area contributed by atoms with Gasteiger partial charge < -0.3 is 4.57 Å². The summed E-state index contributed by atoms with van der Waals surface area (Å²) in [4.78, 5) is 4.31. The zero-order chi connectivity index (χ0) is 12.7. The van der Waals surface area contributed by atoms with Gasteiger partial charge in [-0.3, -0.25) is 0 Å². The van der Waals surface area contributed by atoms with Crippen molar-refractivity contribution in [3.05, 3.63) is 39.3 Å². The average Bonchev–Trinajstić information content (AvgIpc) is 2.58. The van der Waals surface area contributed by atoms with Gasteiger partial charge in [-0.2, -0.15) is 0 Å². The third-order valence-electron chi connectivity index (χ3n) is 3.50. The third-order valence-corrected chi connectivity index (χ3v) is 4.08. The summed E-state index contributed by atoms with van der Waals surface area (Å²) in [5, 5.41) is 0. The molecule has 17 heavy (non-hydrogen) atoms. The van der Waals surface area contributed by atoms with Crippen molar-refractivity contribution in [3.8, 4) is 11.3 Å². The maximum absolute atomic E-state index is 4.31. The van der Waals surface area contributed by atoms with Gasteiger partial charge in [0.2, 0.25) is 0 Å². The molecule has 0 aliphatic carbocycles. The van der Waals surface area contributed by atoms with Crippen molar-refractivity contribution in [2.75, 3.05) is 0 Å². The second kappa shape index (κ2) is 4.30. The lowest BCUT2D eigenvalue weighted by Crippen LogP contribution is -1.99. The van der Waals surface area contributed by atoms with Crippen LogP contribution in [-0.2, 0) is 7.05 Å². The van der Waals surface area contributed by atoms with E-state index < -0.39 is 0 Å². The number of aromatic nitrogens is 2. The molecule has 90 valence electrons. The summed E-state index contributed by atoms with van der Waals surface area (Å²) in [6.45, 7) is 8.68. The van der Waals surface area contributed by atoms with Crippen LogP contribution in [0.5, 0.6) is 0 Å². The Labute approximate surface area is 111 Å². The summed E-state index contributed by atoms with van der Waals surface area (Å²) in [5.74, 6) is 0. The Morgan fingerprint density at radius 3 is 2.00 bits per heavy atom. The molecular weight excluding hydrogens is 276 g/mol. The maximum Gasteiger partial charge on any atom is 0.132 e. The van der Waals surface area contributed by atoms with E-state index in [-0.39, 0.29) is 0 Å². The first-order chi connectivity index (χ1) is 7.93. The summed E-state index contributed by atoms with van der Waals surface area (Å²) in [7, 11) is 2.03. The molecule has 1 aromatic carbocycles. The Balaban J connectivity index is 2.84. The first-order valence-corrected chi connectivity index (χ1v) is 6.47. The topological polar surface area (TPSA) is 17.8 Å². The SMILES string of the molecule is Cc1cc(C)c(C)c(-c2c(Br)ncn2C)c1C. The Hall–Kier alpha value is -1.09. The van der Waals surface area contributed by atoms with Crippen LogP contribution in [0.25, 0.3) is 11.3 Å². The van der Waals surface area contributed by atoms with Crippen LogP contribution in [0.4, 0.5) is 0 Å². The van der Waals surface area contributed by atoms with Gasteiger partial charge in [-0.1, -0.05) is 6.07 Å². The first kappa shape index (κ1) is 12.4. The van der Waals surface area contributed by atoms with Crippen molar-refractivity contribution in [2.24, 2.45) is 7.05 Å². The smallest absolute Gasteiger partial charge is 0.132 e. The minimum Gasteiger partial charge on any atom is -0.333 e. The van der Waals surface area contributed by atoms with Crippen molar-refractivity contribution < 1.29 is 0 Å². The largest absolute Gasteiger partial charge is 0.333 e. The minimum atomic E-state index is 0.913. The minimum absolute atomic E-state index is 0.913. The van der Waals surface area contributed by atoms with Crippen molar-refractivity contribution in [1.29, 1.82) is 0 Å². The molecule has 0 saturated heterocycles. The van der Waals surface area contributed by atoms with Gasteiger partial charge in [0.05, 0.1) is 12.0 Å². The molecule has 2 aromatic rings. The monoisotopic (exact) mass is 292 g/mol. The fraction of sp³-hybridized carbons (Fsp3) is 0.357. The fourth-order valence-electron chi connectivity index (χ4n) is 2.25. The van der Waals surface area contributed by atoms with Crippen LogP contribution in [0.2, 0.25) is 0 Å². The van der Waals surface area contributed by atoms with E-state index in [0.717, 1.165) is 10.3 Å². The van der Waals surface area contributed by atoms with Crippen LogP contribution >= 0.6 is 15.9 Å². The summed E-state index contributed by atoms with van der Waals surface area (Å²) < 4.78 is 2.98. The van der Waals surface area contributed by atoms with E-state index >= 15 is 0 Å². The Kier molecular flexibility index (Phi) is 3.13. The molecule has 2 nitrogen and oxygen atoms in total. The zero-order valence-corrected chi connectivity index (χ0v) is 12.5. The number of hydrogen-bond donors (Lipinski definition) is 0. The van der Waals surface area contributed by atoms with E-state index in [1.807, 2.05) is 13.4 Å². The van der Waals surface area contributed by atoms with Crippen LogP contribution < -0.4 is 0 Å². The molecule has 0 aliphatic rings. The quantitative estimate of drug-likeness (QED) is 0.774. The van der Waals surface area contributed by atoms with Crippen LogP contribution in [0.15, 0.2) is 17.0 Å². The molecule has 0 bridgehead atoms. The van der Waals surface area contributed by atoms with E-state index in [2.05, 4.69) is 59.2 Å². The standard InChI is InChI=1S/C14H17BrN2/c1-8-6-9(2)11(4)12(10(8)3)13-14(15)16-7-17(13)5/h6-7H,1-5H3. The molecule has 0 amide bonds. The lowest BCUT2D eigenvalue weighted by atomic mass is 9.92. The van der Waals surface area contributed by atoms with Gasteiger partial charge in [0.1, 0.15) is 4.60 Å². The number of aryl methyl sites for hydroxylation is 3. The van der Waals surface area contributed by atoms with Gasteiger partial charge in [0.25, 0.3) is 0 Å². The van der Waals surface area contributed by atoms with Crippen LogP contribution in [0.1, 0.15) is 22.3 Å². The lowest BCUT2D eigenvalue weighted by molar-refractivity contribution is 0.918. The molecule has 0 unspecified atom stereocenters. The predicted molar refractivity (Wildman–Crippen MR) is 75.3 cm³/mol. The lowest BCUT2D eigenvalue weighted by Gasteiger charge is -2.16. The molecule has 1 heterocycles. The van der Waals surface area contributed by atoms with Crippen LogP contribution in [-0.4, -0.2) is 9.55 Å². The second-order valence-corrected chi connectivity index (χ2v) is 5.38. The van der Waals surface area contributed by atoms with Crippen LogP contribution in [0.3, 0.4) is 0 Å². The number of halogens is 1. The number of benzene rings is 1. The van der Waals surface area contributed by atoms with E-state index in [4.69, 9.17) is 0 Å². The maximum atomic E-state index is 4.31. The van der Waals surface area contributed by atoms with E-state index in [0.29, 0.717) is 0 Å². The highest BCUT2D eigenvalue weighted by Crippen LogP contribution is 2.34. The molecule has 2 rings (SSSR count). The summed E-state index contributed by atoms with van der Waals surface area (Å²) in [6, 6.07) is 2.25. The molecule has 1 aromatic heterocycles. The normalized spacial score (nSPS) is 10.9. The number of imidazole rings is 1. The first-order valence-electron chi connectivity index (χ1n) is 5.68. The van der Waals surface area contributed by atoms with E-state index in [1.54, 1.807) is 0 Å². The highest BCUT2D eigenvalue weighted by atomic mass is 79.9. The third kappa shape index (κ3) is 1.93. The fourth-order valence-corrected chi connectivity index (χ4v) is 2.82. The van der Waals surface area contributed by atoms with Gasteiger partial charge in [-0.05, 0) is 65.9 Å². The van der Waals surface area contributed by atoms with Gasteiger partial charge in [-0.25, -0.2) is 4.98 Å². The highest BCUT2D eigenvalue weighted by molar-refractivity contribution is 9.10. The van der Waals surface area contributed by atoms with Gasteiger partial charge in [0, 0.05) is 12.6 Å². The predicted octanol–water partition coefficient (Wildman–Crippen LogP) is 4.08. The van der Waals surface area contributed by atoms with E-state index in [1.165, 1.54) is 27.8 Å². The van der Waals surface area contributed by atoms with Gasteiger partial charge >= 0.3 is 0 Å². The van der Waals surface area contributed by atoms with Gasteiger partial charge in [0.15, 0.2) is 0 Å². The Morgan fingerprint density at radius 1 is 1.06 bits per heavy atom. The zero-order valence-electron chi connectivity index (χ0n) is 10.9. The van der Waals surface area contributed by atoms with Crippen molar-refractivity contribution in [2.45, 2.75) is 27.7 Å². The average molecular weight is 293 g/mol. The molecular formula is C14H17BrN2. The van der Waals surface area contributed by atoms with Crippen molar-refractivity contribution >= 4 is 15.9 Å². The highest BCUT2D eigenvalue weighted by Gasteiger charge is 2.16. The number of hydrogen-bond acceptors (Lipinski definition) is 1. The molecule has 0 atom stereocenters. The molecule has 0 radical (unpaired) electrons. The number of nitrogens with zero attached hydrogens (tertiary/aromatic N) is 2. The van der Waals surface area contributed by atoms with Crippen LogP contribution in [0, 0.1) is 27.7 Å². The van der Waals surface area contributed by atoms with Crippen molar-refractivity contribution in [1.82, 2.24) is 9.55 Å². The second-order valence-electron chi connectivity index (χ2n) is 4.63. The van der Waals surface area contributed by atoms with E-state index in [9.17, 15) is 0 Å². The number of rotatable bonds is 1. The Morgan fingerprint density at radius 2 is 1.59 bits per heavy atom. The molecule has 0 fully saturated rings. The van der Waals surface area contributed by atoms with Gasteiger partial charge in [-0.15, -0.1) is 0 Å². The molecule has 0 aliphatic heterocycles. The summed E-state index contributed by atoms with van der Waals surface area (Å²) in [5.41, 5.74) is 7.78.